The molecule has 0 unspecified atom stereocenters. The summed E-state index contributed by atoms with van der Waals surface area (Å²) in [5, 5.41) is 2.67. The number of allylic oxidation sites excluding steroid dienone is 2. The third-order valence-electron chi connectivity index (χ3n) is 1.20. The molecular weight excluding hydrogens is 198 g/mol. The van der Waals surface area contributed by atoms with E-state index in [-0.39, 0.29) is 11.0 Å². The van der Waals surface area contributed by atoms with Crippen LogP contribution in [0.3, 0.4) is 0 Å². The zero-order chi connectivity index (χ0) is 11.6. The van der Waals surface area contributed by atoms with Gasteiger partial charge < -0.3 is 16.8 Å². The molecule has 0 radical (unpaired) electrons. The van der Waals surface area contributed by atoms with Crippen LogP contribution in [0.1, 0.15) is 20.3 Å². The van der Waals surface area contributed by atoms with Crippen LogP contribution in [-0.4, -0.2) is 11.0 Å². The summed E-state index contributed by atoms with van der Waals surface area (Å²) in [4.78, 5) is 10.7. The monoisotopic (exact) mass is 215 g/mol. The number of rotatable bonds is 3. The number of carbonyl (C=O) groups is 1. The smallest absolute Gasteiger partial charge is 0.247 e. The van der Waals surface area contributed by atoms with Gasteiger partial charge in [0.1, 0.15) is 0 Å². The van der Waals surface area contributed by atoms with Gasteiger partial charge in [-0.2, -0.15) is 0 Å². The Morgan fingerprint density at radius 1 is 1.57 bits per heavy atom. The fourth-order valence-corrected chi connectivity index (χ4v) is 0.574. The molecular formula is C9H17N3OS. The van der Waals surface area contributed by atoms with E-state index >= 15 is 0 Å². The molecule has 0 aromatic carbocycles. The molecule has 0 saturated heterocycles. The van der Waals surface area contributed by atoms with E-state index in [1.807, 2.05) is 19.9 Å². The Labute approximate surface area is 90.0 Å². The highest BCUT2D eigenvalue weighted by Crippen LogP contribution is 1.93. The van der Waals surface area contributed by atoms with Crippen molar-refractivity contribution in [3.05, 3.63) is 24.4 Å². The van der Waals surface area contributed by atoms with Crippen LogP contribution in [-0.2, 0) is 4.79 Å². The Hall–Kier alpha value is -1.36. The van der Waals surface area contributed by atoms with E-state index in [1.54, 1.807) is 0 Å². The second kappa shape index (κ2) is 9.73. The van der Waals surface area contributed by atoms with E-state index in [0.717, 1.165) is 12.1 Å². The second-order valence-electron chi connectivity index (χ2n) is 2.26. The number of nitrogens with one attached hydrogen (secondary N) is 1. The molecule has 0 aromatic rings. The van der Waals surface area contributed by atoms with Crippen molar-refractivity contribution >= 4 is 23.2 Å². The summed E-state index contributed by atoms with van der Waals surface area (Å²) < 4.78 is 0. The maximum absolute atomic E-state index is 10.7. The number of hydrogen-bond donors (Lipinski definition) is 3. The average Bonchev–Trinajstić information content (AvgIpc) is 2.12. The Kier molecular flexibility index (Phi) is 10.5. The van der Waals surface area contributed by atoms with E-state index in [4.69, 9.17) is 0 Å². The summed E-state index contributed by atoms with van der Waals surface area (Å²) in [6.45, 7) is 7.22. The number of hydrogen-bond acceptors (Lipinski definition) is 2. The van der Waals surface area contributed by atoms with Crippen LogP contribution in [0, 0.1) is 0 Å². The first kappa shape index (κ1) is 15.1. The first-order valence-corrected chi connectivity index (χ1v) is 4.52. The molecule has 5 N–H and O–H groups in total. The molecule has 5 heteroatoms. The lowest BCUT2D eigenvalue weighted by molar-refractivity contribution is -0.115. The summed E-state index contributed by atoms with van der Waals surface area (Å²) in [6.07, 6.45) is 3.98. The van der Waals surface area contributed by atoms with Crippen LogP contribution < -0.4 is 16.8 Å². The minimum Gasteiger partial charge on any atom is -0.377 e. The first-order chi connectivity index (χ1) is 6.47. The standard InChI is InChI=1S/C8H13NO.CH4N2S/c1-4-7(5-2)9-8(10)6-3;2-1(3)4/h4,6H,3,5H2,1-2H3,(H,9,10);(H4,2,3,4). The maximum Gasteiger partial charge on any atom is 0.247 e. The summed E-state index contributed by atoms with van der Waals surface area (Å²) in [7, 11) is 0. The highest BCUT2D eigenvalue weighted by molar-refractivity contribution is 7.80. The van der Waals surface area contributed by atoms with Gasteiger partial charge in [0.25, 0.3) is 0 Å². The van der Waals surface area contributed by atoms with Crippen LogP contribution in [0.15, 0.2) is 24.4 Å². The predicted octanol–water partition coefficient (Wildman–Crippen LogP) is 0.791. The normalized spacial score (nSPS) is 9.43. The van der Waals surface area contributed by atoms with Crippen LogP contribution in [0.4, 0.5) is 0 Å². The zero-order valence-electron chi connectivity index (χ0n) is 8.54. The molecule has 0 fully saturated rings. The van der Waals surface area contributed by atoms with Gasteiger partial charge in [0, 0.05) is 5.70 Å². The van der Waals surface area contributed by atoms with Gasteiger partial charge in [-0.1, -0.05) is 19.6 Å². The van der Waals surface area contributed by atoms with Crippen LogP contribution >= 0.6 is 12.2 Å². The van der Waals surface area contributed by atoms with Crippen molar-refractivity contribution < 1.29 is 4.79 Å². The average molecular weight is 215 g/mol. The molecule has 0 aliphatic carbocycles. The largest absolute Gasteiger partial charge is 0.377 e. The topological polar surface area (TPSA) is 81.1 Å². The Balaban J connectivity index is 0. The third kappa shape index (κ3) is 13.2. The number of amides is 1. The van der Waals surface area contributed by atoms with Crippen molar-refractivity contribution in [1.29, 1.82) is 0 Å². The minimum atomic E-state index is -0.144. The Morgan fingerprint density at radius 2 is 2.00 bits per heavy atom. The van der Waals surface area contributed by atoms with Crippen LogP contribution in [0.2, 0.25) is 0 Å². The van der Waals surface area contributed by atoms with Gasteiger partial charge in [-0.15, -0.1) is 0 Å². The predicted molar refractivity (Wildman–Crippen MR) is 63.4 cm³/mol. The van der Waals surface area contributed by atoms with Crippen molar-refractivity contribution in [3.8, 4) is 0 Å². The van der Waals surface area contributed by atoms with Gasteiger partial charge in [-0.25, -0.2) is 0 Å². The van der Waals surface area contributed by atoms with Crippen LogP contribution in [0.5, 0.6) is 0 Å². The van der Waals surface area contributed by atoms with Crippen LogP contribution in [0.25, 0.3) is 0 Å². The SMILES string of the molecule is C=CC(=O)NC(=CC)CC.NC(N)=S. The van der Waals surface area contributed by atoms with E-state index in [9.17, 15) is 4.79 Å². The van der Waals surface area contributed by atoms with Crippen molar-refractivity contribution in [2.24, 2.45) is 11.5 Å². The fraction of sp³-hybridized carbons (Fsp3) is 0.333. The molecule has 0 atom stereocenters. The Morgan fingerprint density at radius 3 is 2.21 bits per heavy atom. The summed E-state index contributed by atoms with van der Waals surface area (Å²) in [6, 6.07) is 0. The molecule has 80 valence electrons. The minimum absolute atomic E-state index is 0.000000000000000222. The van der Waals surface area contributed by atoms with Crippen molar-refractivity contribution in [3.63, 3.8) is 0 Å². The van der Waals surface area contributed by atoms with Gasteiger partial charge in [-0.3, -0.25) is 4.79 Å². The molecule has 0 bridgehead atoms. The van der Waals surface area contributed by atoms with Gasteiger partial charge in [0.2, 0.25) is 5.91 Å². The summed E-state index contributed by atoms with van der Waals surface area (Å²) in [5.41, 5.74) is 10.2. The summed E-state index contributed by atoms with van der Waals surface area (Å²) >= 11 is 4.09. The molecule has 14 heavy (non-hydrogen) atoms. The fourth-order valence-electron chi connectivity index (χ4n) is 0.574. The molecule has 0 spiro atoms. The number of thiocarbonyl (C=S) groups is 1. The Bertz CT molecular complexity index is 232. The van der Waals surface area contributed by atoms with Gasteiger partial charge in [0.05, 0.1) is 0 Å². The second-order valence-corrected chi connectivity index (χ2v) is 2.73. The molecule has 4 nitrogen and oxygen atoms in total. The van der Waals surface area contributed by atoms with Gasteiger partial charge >= 0.3 is 0 Å². The molecule has 0 aliphatic heterocycles. The van der Waals surface area contributed by atoms with Crippen molar-refractivity contribution in [1.82, 2.24) is 5.32 Å². The third-order valence-corrected chi connectivity index (χ3v) is 1.20. The van der Waals surface area contributed by atoms with E-state index < -0.39 is 0 Å². The van der Waals surface area contributed by atoms with Gasteiger partial charge in [0.15, 0.2) is 5.11 Å². The molecule has 0 aromatic heterocycles. The van der Waals surface area contributed by atoms with Crippen molar-refractivity contribution in [2.45, 2.75) is 20.3 Å². The molecule has 0 rings (SSSR count). The quantitative estimate of drug-likeness (QED) is 0.480. The molecule has 0 aliphatic rings. The highest BCUT2D eigenvalue weighted by Gasteiger charge is 1.94. The molecule has 0 saturated carbocycles. The highest BCUT2D eigenvalue weighted by atomic mass is 32.1. The van der Waals surface area contributed by atoms with Gasteiger partial charge in [-0.05, 0) is 31.6 Å². The lowest BCUT2D eigenvalue weighted by atomic mass is 10.3. The van der Waals surface area contributed by atoms with E-state index in [1.165, 1.54) is 6.08 Å². The number of carbonyl (C=O) groups excluding carboxylic acids is 1. The van der Waals surface area contributed by atoms with E-state index in [2.05, 4.69) is 35.6 Å². The van der Waals surface area contributed by atoms with Crippen molar-refractivity contribution in [2.75, 3.05) is 0 Å². The first-order valence-electron chi connectivity index (χ1n) is 4.11. The number of nitrogens with two attached hydrogens (primary N) is 2. The molecule has 1 amide bonds. The maximum atomic E-state index is 10.7. The molecule has 0 heterocycles. The van der Waals surface area contributed by atoms with E-state index in [0.29, 0.717) is 0 Å². The zero-order valence-corrected chi connectivity index (χ0v) is 9.36. The summed E-state index contributed by atoms with van der Waals surface area (Å²) in [5.74, 6) is -0.144. The lowest BCUT2D eigenvalue weighted by Gasteiger charge is -2.02. The lowest BCUT2D eigenvalue weighted by Crippen LogP contribution is -2.19.